The van der Waals surface area contributed by atoms with E-state index in [-0.39, 0.29) is 0 Å². The molecule has 114 valence electrons. The predicted molar refractivity (Wildman–Crippen MR) is 82.8 cm³/mol. The second-order valence-electron chi connectivity index (χ2n) is 5.44. The molecular weight excluding hydrogens is 266 g/mol. The van der Waals surface area contributed by atoms with E-state index < -0.39 is 0 Å². The first-order valence-electron chi connectivity index (χ1n) is 7.31. The van der Waals surface area contributed by atoms with E-state index in [2.05, 4.69) is 30.1 Å². The van der Waals surface area contributed by atoms with Gasteiger partial charge in [-0.1, -0.05) is 0 Å². The maximum Gasteiger partial charge on any atom is 0.139 e. The van der Waals surface area contributed by atoms with Gasteiger partial charge in [0.15, 0.2) is 0 Å². The van der Waals surface area contributed by atoms with E-state index in [0.29, 0.717) is 36.6 Å². The van der Waals surface area contributed by atoms with E-state index in [4.69, 9.17) is 9.47 Å². The number of nitrogens with one attached hydrogen (secondary N) is 1. The van der Waals surface area contributed by atoms with Crippen LogP contribution in [0.15, 0.2) is 18.2 Å². The Hall–Kier alpha value is -1.77. The lowest BCUT2D eigenvalue weighted by atomic mass is 10.1. The van der Waals surface area contributed by atoms with Gasteiger partial charge < -0.3 is 19.7 Å². The molecule has 0 unspecified atom stereocenters. The summed E-state index contributed by atoms with van der Waals surface area (Å²) in [4.78, 5) is 2.35. The van der Waals surface area contributed by atoms with E-state index in [1.54, 1.807) is 7.11 Å². The second-order valence-corrected chi connectivity index (χ2v) is 5.44. The first-order valence-corrected chi connectivity index (χ1v) is 7.31. The van der Waals surface area contributed by atoms with Crippen molar-refractivity contribution in [3.63, 3.8) is 0 Å². The molecule has 2 atom stereocenters. The molecule has 1 aliphatic rings. The van der Waals surface area contributed by atoms with Gasteiger partial charge in [0.05, 0.1) is 12.2 Å². The molecule has 0 aromatic heterocycles. The smallest absolute Gasteiger partial charge is 0.139 e. The van der Waals surface area contributed by atoms with Crippen molar-refractivity contribution < 1.29 is 9.47 Å². The Morgan fingerprint density at radius 2 is 2.19 bits per heavy atom. The Kier molecular flexibility index (Phi) is 5.43. The summed E-state index contributed by atoms with van der Waals surface area (Å²) in [5, 5.41) is 12.7. The fraction of sp³-hybridized carbons (Fsp3) is 0.562. The Morgan fingerprint density at radius 1 is 1.38 bits per heavy atom. The first-order chi connectivity index (χ1) is 10.2. The first kappa shape index (κ1) is 15.6. The van der Waals surface area contributed by atoms with Gasteiger partial charge in [0.1, 0.15) is 18.4 Å². The van der Waals surface area contributed by atoms with Gasteiger partial charge in [-0.2, -0.15) is 5.26 Å². The number of benzene rings is 1. The van der Waals surface area contributed by atoms with Gasteiger partial charge in [-0.05, 0) is 26.0 Å². The third-order valence-electron chi connectivity index (χ3n) is 3.73. The van der Waals surface area contributed by atoms with Crippen molar-refractivity contribution in [2.45, 2.75) is 25.9 Å². The highest BCUT2D eigenvalue weighted by molar-refractivity contribution is 5.58. The normalized spacial score (nSPS) is 21.9. The Labute approximate surface area is 126 Å². The predicted octanol–water partition coefficient (Wildman–Crippen LogP) is 1.77. The van der Waals surface area contributed by atoms with Crippen molar-refractivity contribution in [2.75, 3.05) is 38.3 Å². The van der Waals surface area contributed by atoms with Crippen molar-refractivity contribution in [3.05, 3.63) is 23.8 Å². The quantitative estimate of drug-likeness (QED) is 0.837. The molecule has 1 heterocycles. The van der Waals surface area contributed by atoms with Crippen molar-refractivity contribution >= 4 is 5.69 Å². The van der Waals surface area contributed by atoms with E-state index in [9.17, 15) is 5.26 Å². The van der Waals surface area contributed by atoms with Gasteiger partial charge >= 0.3 is 0 Å². The summed E-state index contributed by atoms with van der Waals surface area (Å²) in [6.45, 7) is 7.24. The largest absolute Gasteiger partial charge is 0.490 e. The molecule has 1 aliphatic heterocycles. The SMILES string of the molecule is COCCOc1cc(N2C[C@H](C)NC[C@H]2C)ccc1C#N. The standard InChI is InChI=1S/C16H23N3O2/c1-12-11-19(13(2)10-18-12)15-5-4-14(9-17)16(8-15)21-7-6-20-3/h4-5,8,12-13,18H,6-7,10-11H2,1-3H3/t12-,13+/m0/s1. The van der Waals surface area contributed by atoms with Crippen LogP contribution >= 0.6 is 0 Å². The van der Waals surface area contributed by atoms with E-state index in [1.165, 1.54) is 0 Å². The summed E-state index contributed by atoms with van der Waals surface area (Å²) < 4.78 is 10.7. The minimum absolute atomic E-state index is 0.418. The van der Waals surface area contributed by atoms with Crippen LogP contribution in [0, 0.1) is 11.3 Å². The zero-order chi connectivity index (χ0) is 15.2. The zero-order valence-corrected chi connectivity index (χ0v) is 12.9. The van der Waals surface area contributed by atoms with Crippen LogP contribution in [-0.4, -0.2) is 45.5 Å². The number of nitriles is 1. The minimum atomic E-state index is 0.418. The minimum Gasteiger partial charge on any atom is -0.490 e. The summed E-state index contributed by atoms with van der Waals surface area (Å²) >= 11 is 0. The Morgan fingerprint density at radius 3 is 2.90 bits per heavy atom. The monoisotopic (exact) mass is 289 g/mol. The zero-order valence-electron chi connectivity index (χ0n) is 12.9. The highest BCUT2D eigenvalue weighted by Gasteiger charge is 2.23. The maximum atomic E-state index is 9.19. The highest BCUT2D eigenvalue weighted by atomic mass is 16.5. The van der Waals surface area contributed by atoms with Crippen molar-refractivity contribution in [2.24, 2.45) is 0 Å². The lowest BCUT2D eigenvalue weighted by molar-refractivity contribution is 0.146. The lowest BCUT2D eigenvalue weighted by Crippen LogP contribution is -2.54. The van der Waals surface area contributed by atoms with Gasteiger partial charge in [0.25, 0.3) is 0 Å². The van der Waals surface area contributed by atoms with Gasteiger partial charge in [-0.25, -0.2) is 0 Å². The van der Waals surface area contributed by atoms with Crippen LogP contribution in [0.5, 0.6) is 5.75 Å². The number of rotatable bonds is 5. The molecule has 0 amide bonds. The molecule has 1 fully saturated rings. The van der Waals surface area contributed by atoms with Gasteiger partial charge in [-0.15, -0.1) is 0 Å². The second kappa shape index (κ2) is 7.30. The van der Waals surface area contributed by atoms with Crippen LogP contribution in [-0.2, 0) is 4.74 Å². The summed E-state index contributed by atoms with van der Waals surface area (Å²) in [5.41, 5.74) is 1.66. The molecular formula is C16H23N3O2. The summed E-state index contributed by atoms with van der Waals surface area (Å²) in [7, 11) is 1.63. The molecule has 1 saturated heterocycles. The summed E-state index contributed by atoms with van der Waals surface area (Å²) in [6, 6.07) is 8.83. The van der Waals surface area contributed by atoms with E-state index in [1.807, 2.05) is 18.2 Å². The number of hydrogen-bond donors (Lipinski definition) is 1. The van der Waals surface area contributed by atoms with Crippen LogP contribution < -0.4 is 15.0 Å². The molecule has 1 aromatic carbocycles. The molecule has 1 N–H and O–H groups in total. The van der Waals surface area contributed by atoms with Crippen molar-refractivity contribution in [3.8, 4) is 11.8 Å². The average molecular weight is 289 g/mol. The van der Waals surface area contributed by atoms with Gasteiger partial charge in [0.2, 0.25) is 0 Å². The molecule has 0 spiro atoms. The van der Waals surface area contributed by atoms with Gasteiger partial charge in [0, 0.05) is 44.0 Å². The number of anilines is 1. The number of piperazine rings is 1. The molecule has 2 rings (SSSR count). The molecule has 0 aliphatic carbocycles. The number of hydrogen-bond acceptors (Lipinski definition) is 5. The van der Waals surface area contributed by atoms with Crippen molar-refractivity contribution in [1.82, 2.24) is 5.32 Å². The number of methoxy groups -OCH3 is 1. The Bertz CT molecular complexity index is 513. The van der Waals surface area contributed by atoms with E-state index >= 15 is 0 Å². The van der Waals surface area contributed by atoms with Crippen LogP contribution in [0.25, 0.3) is 0 Å². The fourth-order valence-corrected chi connectivity index (χ4v) is 2.52. The topological polar surface area (TPSA) is 57.5 Å². The van der Waals surface area contributed by atoms with Crippen LogP contribution in [0.4, 0.5) is 5.69 Å². The third kappa shape index (κ3) is 3.87. The van der Waals surface area contributed by atoms with Crippen LogP contribution in [0.1, 0.15) is 19.4 Å². The molecule has 21 heavy (non-hydrogen) atoms. The summed E-state index contributed by atoms with van der Waals surface area (Å²) in [5.74, 6) is 0.630. The maximum absolute atomic E-state index is 9.19. The average Bonchev–Trinajstić information content (AvgIpc) is 2.50. The van der Waals surface area contributed by atoms with Crippen LogP contribution in [0.2, 0.25) is 0 Å². The third-order valence-corrected chi connectivity index (χ3v) is 3.73. The lowest BCUT2D eigenvalue weighted by Gasteiger charge is -2.39. The molecule has 5 heteroatoms. The molecule has 0 radical (unpaired) electrons. The summed E-state index contributed by atoms with van der Waals surface area (Å²) in [6.07, 6.45) is 0. The Balaban J connectivity index is 2.20. The number of ether oxygens (including phenoxy) is 2. The van der Waals surface area contributed by atoms with E-state index in [0.717, 1.165) is 18.8 Å². The molecule has 5 nitrogen and oxygen atoms in total. The highest BCUT2D eigenvalue weighted by Crippen LogP contribution is 2.27. The fourth-order valence-electron chi connectivity index (χ4n) is 2.52. The van der Waals surface area contributed by atoms with Gasteiger partial charge in [-0.3, -0.25) is 0 Å². The van der Waals surface area contributed by atoms with Crippen LogP contribution in [0.3, 0.4) is 0 Å². The van der Waals surface area contributed by atoms with Crippen molar-refractivity contribution in [1.29, 1.82) is 5.26 Å². The molecule has 0 bridgehead atoms. The molecule has 1 aromatic rings. The molecule has 0 saturated carbocycles. The number of nitrogens with zero attached hydrogens (tertiary/aromatic N) is 2.